The van der Waals surface area contributed by atoms with Crippen molar-refractivity contribution in [3.63, 3.8) is 0 Å². The number of nitrogens with one attached hydrogen (secondary N) is 2. The predicted molar refractivity (Wildman–Crippen MR) is 80.3 cm³/mol. The van der Waals surface area contributed by atoms with E-state index < -0.39 is 6.10 Å². The van der Waals surface area contributed by atoms with Crippen molar-refractivity contribution in [2.24, 2.45) is 4.99 Å². The lowest BCUT2D eigenvalue weighted by atomic mass is 10.1. The van der Waals surface area contributed by atoms with Crippen LogP contribution in [0.4, 0.5) is 0 Å². The Hall–Kier alpha value is -1.81. The molecule has 0 amide bonds. The third kappa shape index (κ3) is 5.57. The lowest BCUT2D eigenvalue weighted by molar-refractivity contribution is 0.187. The maximum atomic E-state index is 10.1. The maximum Gasteiger partial charge on any atom is 0.191 e. The molecule has 0 aliphatic heterocycles. The highest BCUT2D eigenvalue weighted by atomic mass is 16.3. The van der Waals surface area contributed by atoms with Crippen LogP contribution in [0, 0.1) is 6.92 Å². The lowest BCUT2D eigenvalue weighted by Gasteiger charge is -2.12. The van der Waals surface area contributed by atoms with Crippen molar-refractivity contribution >= 4 is 5.96 Å². The molecule has 4 heteroatoms. The van der Waals surface area contributed by atoms with Crippen LogP contribution in [0.2, 0.25) is 0 Å². The minimum Gasteiger partial charge on any atom is -0.386 e. The number of hydrogen-bond acceptors (Lipinski definition) is 2. The Morgan fingerprint density at radius 1 is 1.37 bits per heavy atom. The number of aliphatic imine (C=N–C) groups is 1. The van der Waals surface area contributed by atoms with Crippen molar-refractivity contribution < 1.29 is 5.11 Å². The van der Waals surface area contributed by atoms with Crippen LogP contribution >= 0.6 is 0 Å². The molecule has 1 atom stereocenters. The standard InChI is InChI=1S/C15H23N3O/c1-4-10-17-15(16-5-2)18-11-14(19)13-8-6-12(3)7-9-13/h4,6-9,14,19H,1,5,10-11H2,2-3H3,(H2,16,17,18). The SMILES string of the molecule is C=CCNC(=NCC(O)c1ccc(C)cc1)NCC. The monoisotopic (exact) mass is 261 g/mol. The predicted octanol–water partition coefficient (Wildman–Crippen LogP) is 1.77. The fourth-order valence-electron chi connectivity index (χ4n) is 1.58. The summed E-state index contributed by atoms with van der Waals surface area (Å²) in [5.74, 6) is 0.688. The number of nitrogens with zero attached hydrogens (tertiary/aromatic N) is 1. The molecule has 0 bridgehead atoms. The van der Waals surface area contributed by atoms with Crippen LogP contribution in [0.1, 0.15) is 24.2 Å². The number of aryl methyl sites for hydroxylation is 1. The summed E-state index contributed by atoms with van der Waals surface area (Å²) >= 11 is 0. The summed E-state index contributed by atoms with van der Waals surface area (Å²) in [5, 5.41) is 16.3. The van der Waals surface area contributed by atoms with Crippen molar-refractivity contribution in [2.45, 2.75) is 20.0 Å². The molecular weight excluding hydrogens is 238 g/mol. The summed E-state index contributed by atoms with van der Waals surface area (Å²) in [6.45, 7) is 9.43. The molecule has 1 aromatic carbocycles. The van der Waals surface area contributed by atoms with E-state index in [0.717, 1.165) is 12.1 Å². The highest BCUT2D eigenvalue weighted by molar-refractivity contribution is 5.79. The van der Waals surface area contributed by atoms with Gasteiger partial charge in [0.1, 0.15) is 0 Å². The Balaban J connectivity index is 2.60. The Labute approximate surface area is 115 Å². The quantitative estimate of drug-likeness (QED) is 0.415. The molecule has 0 aromatic heterocycles. The molecule has 0 aliphatic rings. The first-order valence-corrected chi connectivity index (χ1v) is 6.55. The molecular formula is C15H23N3O. The van der Waals surface area contributed by atoms with Gasteiger partial charge < -0.3 is 15.7 Å². The second-order valence-electron chi connectivity index (χ2n) is 4.32. The van der Waals surface area contributed by atoms with Gasteiger partial charge in [0.05, 0.1) is 12.6 Å². The molecule has 19 heavy (non-hydrogen) atoms. The van der Waals surface area contributed by atoms with Crippen molar-refractivity contribution in [1.29, 1.82) is 0 Å². The van der Waals surface area contributed by atoms with Crippen LogP contribution in [0.25, 0.3) is 0 Å². The number of aliphatic hydroxyl groups excluding tert-OH is 1. The van der Waals surface area contributed by atoms with E-state index in [1.807, 2.05) is 38.1 Å². The molecule has 3 N–H and O–H groups in total. The van der Waals surface area contributed by atoms with E-state index in [2.05, 4.69) is 22.2 Å². The van der Waals surface area contributed by atoms with Gasteiger partial charge in [-0.05, 0) is 19.4 Å². The lowest BCUT2D eigenvalue weighted by Crippen LogP contribution is -2.37. The first-order valence-electron chi connectivity index (χ1n) is 6.55. The molecule has 1 rings (SSSR count). The molecule has 4 nitrogen and oxygen atoms in total. The van der Waals surface area contributed by atoms with Gasteiger partial charge in [0.25, 0.3) is 0 Å². The summed E-state index contributed by atoms with van der Waals surface area (Å²) in [4.78, 5) is 4.35. The van der Waals surface area contributed by atoms with Crippen molar-refractivity contribution in [2.75, 3.05) is 19.6 Å². The molecule has 0 fully saturated rings. The van der Waals surface area contributed by atoms with Gasteiger partial charge in [0.15, 0.2) is 5.96 Å². The third-order valence-corrected chi connectivity index (χ3v) is 2.64. The van der Waals surface area contributed by atoms with Gasteiger partial charge in [-0.25, -0.2) is 0 Å². The van der Waals surface area contributed by atoms with Crippen molar-refractivity contribution in [1.82, 2.24) is 10.6 Å². The van der Waals surface area contributed by atoms with Crippen LogP contribution in [-0.2, 0) is 0 Å². The van der Waals surface area contributed by atoms with Gasteiger partial charge >= 0.3 is 0 Å². The number of aliphatic hydroxyl groups is 1. The Kier molecular flexibility index (Phi) is 6.68. The summed E-state index contributed by atoms with van der Waals surface area (Å²) in [5.41, 5.74) is 2.06. The second kappa shape index (κ2) is 8.32. The Morgan fingerprint density at radius 3 is 2.63 bits per heavy atom. The molecule has 104 valence electrons. The van der Waals surface area contributed by atoms with Crippen LogP contribution in [0.5, 0.6) is 0 Å². The minimum atomic E-state index is -0.584. The van der Waals surface area contributed by atoms with Gasteiger partial charge in [-0.15, -0.1) is 6.58 Å². The van der Waals surface area contributed by atoms with Crippen LogP contribution in [-0.4, -0.2) is 30.7 Å². The summed E-state index contributed by atoms with van der Waals surface area (Å²) < 4.78 is 0. The summed E-state index contributed by atoms with van der Waals surface area (Å²) in [6, 6.07) is 7.84. The number of rotatable bonds is 6. The molecule has 0 saturated heterocycles. The number of guanidine groups is 1. The smallest absolute Gasteiger partial charge is 0.191 e. The maximum absolute atomic E-state index is 10.1. The average Bonchev–Trinajstić information content (AvgIpc) is 2.42. The molecule has 0 radical (unpaired) electrons. The second-order valence-corrected chi connectivity index (χ2v) is 4.32. The summed E-state index contributed by atoms with van der Waals surface area (Å²) in [7, 11) is 0. The molecule has 1 unspecified atom stereocenters. The first-order chi connectivity index (χ1) is 9.17. The van der Waals surface area contributed by atoms with Gasteiger partial charge in [-0.3, -0.25) is 4.99 Å². The van der Waals surface area contributed by atoms with Crippen molar-refractivity contribution in [3.8, 4) is 0 Å². The highest BCUT2D eigenvalue weighted by Crippen LogP contribution is 2.13. The molecule has 0 heterocycles. The zero-order valence-corrected chi connectivity index (χ0v) is 11.7. The normalized spacial score (nSPS) is 12.9. The molecule has 1 aromatic rings. The first kappa shape index (κ1) is 15.2. The summed E-state index contributed by atoms with van der Waals surface area (Å²) in [6.07, 6.45) is 1.18. The van der Waals surface area contributed by atoms with E-state index in [1.54, 1.807) is 6.08 Å². The fraction of sp³-hybridized carbons (Fsp3) is 0.400. The van der Waals surface area contributed by atoms with Crippen LogP contribution in [0.3, 0.4) is 0 Å². The zero-order chi connectivity index (χ0) is 14.1. The van der Waals surface area contributed by atoms with Crippen molar-refractivity contribution in [3.05, 3.63) is 48.0 Å². The van der Waals surface area contributed by atoms with E-state index in [9.17, 15) is 5.11 Å². The topological polar surface area (TPSA) is 56.7 Å². The van der Waals surface area contributed by atoms with Gasteiger partial charge in [-0.1, -0.05) is 35.9 Å². The average molecular weight is 261 g/mol. The van der Waals surface area contributed by atoms with E-state index in [1.165, 1.54) is 5.56 Å². The Bertz CT molecular complexity index is 412. The van der Waals surface area contributed by atoms with Gasteiger partial charge in [0.2, 0.25) is 0 Å². The van der Waals surface area contributed by atoms with E-state index in [0.29, 0.717) is 19.0 Å². The molecule has 0 saturated carbocycles. The highest BCUT2D eigenvalue weighted by Gasteiger charge is 2.06. The van der Waals surface area contributed by atoms with Gasteiger partial charge in [0, 0.05) is 13.1 Å². The van der Waals surface area contributed by atoms with Crippen LogP contribution in [0.15, 0.2) is 41.9 Å². The Morgan fingerprint density at radius 2 is 2.05 bits per heavy atom. The zero-order valence-electron chi connectivity index (χ0n) is 11.7. The molecule has 0 spiro atoms. The number of hydrogen-bond donors (Lipinski definition) is 3. The third-order valence-electron chi connectivity index (χ3n) is 2.64. The number of benzene rings is 1. The fourth-order valence-corrected chi connectivity index (χ4v) is 1.58. The largest absolute Gasteiger partial charge is 0.386 e. The van der Waals surface area contributed by atoms with Crippen LogP contribution < -0.4 is 10.6 Å². The van der Waals surface area contributed by atoms with E-state index >= 15 is 0 Å². The van der Waals surface area contributed by atoms with E-state index in [-0.39, 0.29) is 0 Å². The van der Waals surface area contributed by atoms with E-state index in [4.69, 9.17) is 0 Å². The molecule has 0 aliphatic carbocycles. The van der Waals surface area contributed by atoms with Gasteiger partial charge in [-0.2, -0.15) is 0 Å². The minimum absolute atomic E-state index is 0.329.